The number of imidazole rings is 1. The molecule has 0 aliphatic carbocycles. The quantitative estimate of drug-likeness (QED) is 0.784. The van der Waals surface area contributed by atoms with Gasteiger partial charge in [0.05, 0.1) is 17.6 Å². The van der Waals surface area contributed by atoms with Crippen LogP contribution in [-0.4, -0.2) is 19.6 Å². The van der Waals surface area contributed by atoms with E-state index in [4.69, 9.17) is 4.98 Å². The van der Waals surface area contributed by atoms with Crippen LogP contribution < -0.4 is 0 Å². The molecule has 0 bridgehead atoms. The molecule has 4 nitrogen and oxygen atoms in total. The van der Waals surface area contributed by atoms with Gasteiger partial charge in [0.25, 0.3) is 0 Å². The molecule has 0 radical (unpaired) electrons. The Morgan fingerprint density at radius 2 is 1.91 bits per heavy atom. The molecule has 3 rings (SSSR count). The highest BCUT2D eigenvalue weighted by atomic mass is 16.3. The van der Waals surface area contributed by atoms with Gasteiger partial charge >= 0.3 is 0 Å². The first kappa shape index (κ1) is 15.7. The standard InChI is InChI=1S/C19H23N3O/c1-12-8-9-20-17(14(12)11-23)18-21-15-10-13(19(2,3)4)6-7-16(15)22(18)5/h6-10,23H,11H2,1-5H3. The van der Waals surface area contributed by atoms with Crippen molar-refractivity contribution in [2.45, 2.75) is 39.7 Å². The van der Waals surface area contributed by atoms with Crippen molar-refractivity contribution in [2.24, 2.45) is 7.05 Å². The third-order valence-electron chi connectivity index (χ3n) is 4.41. The Balaban J connectivity index is 2.24. The molecule has 0 aliphatic heterocycles. The minimum Gasteiger partial charge on any atom is -0.392 e. The molecule has 0 aliphatic rings. The summed E-state index contributed by atoms with van der Waals surface area (Å²) < 4.78 is 2.04. The van der Waals surface area contributed by atoms with Crippen molar-refractivity contribution in [3.8, 4) is 11.5 Å². The van der Waals surface area contributed by atoms with Gasteiger partial charge in [0.2, 0.25) is 0 Å². The van der Waals surface area contributed by atoms with Gasteiger partial charge in [-0.1, -0.05) is 26.8 Å². The Hall–Kier alpha value is -2.20. The van der Waals surface area contributed by atoms with Crippen molar-refractivity contribution in [2.75, 3.05) is 0 Å². The molecule has 0 fully saturated rings. The van der Waals surface area contributed by atoms with Crippen LogP contribution in [0.25, 0.3) is 22.6 Å². The van der Waals surface area contributed by atoms with Crippen LogP contribution in [0.4, 0.5) is 0 Å². The lowest BCUT2D eigenvalue weighted by atomic mass is 9.87. The number of nitrogens with zero attached hydrogens (tertiary/aromatic N) is 3. The molecule has 4 heteroatoms. The molecular weight excluding hydrogens is 286 g/mol. The molecule has 1 aromatic carbocycles. The molecule has 1 N–H and O–H groups in total. The van der Waals surface area contributed by atoms with E-state index in [9.17, 15) is 5.11 Å². The van der Waals surface area contributed by atoms with Crippen LogP contribution in [-0.2, 0) is 19.1 Å². The third-order valence-corrected chi connectivity index (χ3v) is 4.41. The molecular formula is C19H23N3O. The Kier molecular flexibility index (Phi) is 3.72. The van der Waals surface area contributed by atoms with E-state index in [1.807, 2.05) is 24.6 Å². The molecule has 0 saturated carbocycles. The zero-order valence-corrected chi connectivity index (χ0v) is 14.4. The fourth-order valence-electron chi connectivity index (χ4n) is 2.86. The number of aromatic nitrogens is 3. The molecule has 0 saturated heterocycles. The van der Waals surface area contributed by atoms with E-state index in [0.717, 1.165) is 33.7 Å². The Morgan fingerprint density at radius 1 is 1.17 bits per heavy atom. The minimum absolute atomic E-state index is 0.0363. The molecule has 0 atom stereocenters. The fourth-order valence-corrected chi connectivity index (χ4v) is 2.86. The van der Waals surface area contributed by atoms with Gasteiger partial charge in [-0.25, -0.2) is 4.98 Å². The van der Waals surface area contributed by atoms with E-state index in [2.05, 4.69) is 44.0 Å². The van der Waals surface area contributed by atoms with E-state index in [1.54, 1.807) is 6.20 Å². The van der Waals surface area contributed by atoms with Crippen molar-refractivity contribution in [1.29, 1.82) is 0 Å². The van der Waals surface area contributed by atoms with Crippen molar-refractivity contribution < 1.29 is 5.11 Å². The second-order valence-corrected chi connectivity index (χ2v) is 7.06. The Labute approximate surface area is 136 Å². The van der Waals surface area contributed by atoms with E-state index in [1.165, 1.54) is 5.56 Å². The molecule has 3 aromatic rings. The molecule has 120 valence electrons. The summed E-state index contributed by atoms with van der Waals surface area (Å²) in [6.07, 6.45) is 1.77. The summed E-state index contributed by atoms with van der Waals surface area (Å²) >= 11 is 0. The van der Waals surface area contributed by atoms with E-state index < -0.39 is 0 Å². The summed E-state index contributed by atoms with van der Waals surface area (Å²) in [5.41, 5.74) is 5.99. The normalized spacial score (nSPS) is 12.1. The number of aryl methyl sites for hydroxylation is 2. The second kappa shape index (κ2) is 5.46. The second-order valence-electron chi connectivity index (χ2n) is 7.06. The number of hydrogen-bond donors (Lipinski definition) is 1. The number of hydrogen-bond acceptors (Lipinski definition) is 3. The summed E-state index contributed by atoms with van der Waals surface area (Å²) in [5, 5.41) is 9.70. The van der Waals surface area contributed by atoms with Crippen LogP contribution in [0.3, 0.4) is 0 Å². The highest BCUT2D eigenvalue weighted by molar-refractivity contribution is 5.81. The van der Waals surface area contributed by atoms with E-state index >= 15 is 0 Å². The molecule has 0 spiro atoms. The third kappa shape index (κ3) is 2.63. The highest BCUT2D eigenvalue weighted by Crippen LogP contribution is 2.30. The maximum atomic E-state index is 9.70. The predicted octanol–water partition coefficient (Wildman–Crippen LogP) is 3.73. The average Bonchev–Trinajstić information content (AvgIpc) is 2.82. The zero-order valence-electron chi connectivity index (χ0n) is 14.4. The zero-order chi connectivity index (χ0) is 16.8. The largest absolute Gasteiger partial charge is 0.392 e. The van der Waals surface area contributed by atoms with Crippen molar-refractivity contribution in [3.63, 3.8) is 0 Å². The molecule has 23 heavy (non-hydrogen) atoms. The van der Waals surface area contributed by atoms with Gasteiger partial charge in [0.15, 0.2) is 5.82 Å². The minimum atomic E-state index is -0.0363. The van der Waals surface area contributed by atoms with Crippen LogP contribution >= 0.6 is 0 Å². The molecule has 0 unspecified atom stereocenters. The van der Waals surface area contributed by atoms with Crippen LogP contribution in [0.15, 0.2) is 30.5 Å². The summed E-state index contributed by atoms with van der Waals surface area (Å²) in [6, 6.07) is 8.33. The number of benzene rings is 1. The summed E-state index contributed by atoms with van der Waals surface area (Å²) in [6.45, 7) is 8.54. The van der Waals surface area contributed by atoms with Crippen LogP contribution in [0.1, 0.15) is 37.5 Å². The van der Waals surface area contributed by atoms with Gasteiger partial charge in [0, 0.05) is 18.8 Å². The van der Waals surface area contributed by atoms with Crippen LogP contribution in [0.2, 0.25) is 0 Å². The smallest absolute Gasteiger partial charge is 0.159 e. The topological polar surface area (TPSA) is 50.9 Å². The lowest BCUT2D eigenvalue weighted by Gasteiger charge is -2.18. The predicted molar refractivity (Wildman–Crippen MR) is 93.3 cm³/mol. The van der Waals surface area contributed by atoms with Gasteiger partial charge in [-0.05, 0) is 41.7 Å². The van der Waals surface area contributed by atoms with Gasteiger partial charge in [-0.2, -0.15) is 0 Å². The Morgan fingerprint density at radius 3 is 2.57 bits per heavy atom. The van der Waals surface area contributed by atoms with E-state index in [0.29, 0.717) is 0 Å². The Bertz CT molecular complexity index is 872. The van der Waals surface area contributed by atoms with Crippen LogP contribution in [0.5, 0.6) is 0 Å². The number of fused-ring (bicyclic) bond motifs is 1. The number of aliphatic hydroxyl groups excluding tert-OH is 1. The van der Waals surface area contributed by atoms with Gasteiger partial charge in [-0.3, -0.25) is 4.98 Å². The maximum Gasteiger partial charge on any atom is 0.159 e. The van der Waals surface area contributed by atoms with Crippen molar-refractivity contribution in [1.82, 2.24) is 14.5 Å². The number of pyridine rings is 1. The van der Waals surface area contributed by atoms with Gasteiger partial charge in [-0.15, -0.1) is 0 Å². The average molecular weight is 309 g/mol. The lowest BCUT2D eigenvalue weighted by molar-refractivity contribution is 0.281. The molecule has 0 amide bonds. The lowest BCUT2D eigenvalue weighted by Crippen LogP contribution is -2.10. The first-order valence-electron chi connectivity index (χ1n) is 7.85. The molecule has 2 heterocycles. The number of aliphatic hydroxyl groups is 1. The number of rotatable bonds is 2. The van der Waals surface area contributed by atoms with Crippen molar-refractivity contribution in [3.05, 3.63) is 47.2 Å². The SMILES string of the molecule is Cc1ccnc(-c2nc3cc(C(C)(C)C)ccc3n2C)c1CO. The highest BCUT2D eigenvalue weighted by Gasteiger charge is 2.19. The monoisotopic (exact) mass is 309 g/mol. The fraction of sp³-hybridized carbons (Fsp3) is 0.368. The summed E-state index contributed by atoms with van der Waals surface area (Å²) in [4.78, 5) is 9.26. The van der Waals surface area contributed by atoms with Crippen LogP contribution in [0, 0.1) is 6.92 Å². The summed E-state index contributed by atoms with van der Waals surface area (Å²) in [5.74, 6) is 0.791. The summed E-state index contributed by atoms with van der Waals surface area (Å²) in [7, 11) is 1.99. The van der Waals surface area contributed by atoms with Crippen molar-refractivity contribution >= 4 is 11.0 Å². The van der Waals surface area contributed by atoms with Gasteiger partial charge in [0.1, 0.15) is 5.69 Å². The maximum absolute atomic E-state index is 9.70. The molecule has 2 aromatic heterocycles. The first-order valence-corrected chi connectivity index (χ1v) is 7.85. The van der Waals surface area contributed by atoms with Gasteiger partial charge < -0.3 is 9.67 Å². The van der Waals surface area contributed by atoms with E-state index in [-0.39, 0.29) is 12.0 Å². The first-order chi connectivity index (χ1) is 10.8.